The average molecular weight is 425 g/mol. The van der Waals surface area contributed by atoms with Gasteiger partial charge in [-0.15, -0.1) is 10.2 Å². The van der Waals surface area contributed by atoms with Crippen molar-refractivity contribution in [1.29, 1.82) is 0 Å². The highest BCUT2D eigenvalue weighted by molar-refractivity contribution is 9.10. The molecule has 0 aliphatic rings. The van der Waals surface area contributed by atoms with Crippen molar-refractivity contribution in [3.05, 3.63) is 71.2 Å². The number of nitrogens with zero attached hydrogens (tertiary/aromatic N) is 4. The first-order valence-corrected chi connectivity index (χ1v) is 9.31. The molecule has 7 heteroatoms. The molecular weight excluding hydrogens is 408 g/mol. The van der Waals surface area contributed by atoms with Gasteiger partial charge in [0.2, 0.25) is 5.82 Å². The first kappa shape index (κ1) is 17.6. The van der Waals surface area contributed by atoms with E-state index in [0.717, 1.165) is 26.6 Å². The summed E-state index contributed by atoms with van der Waals surface area (Å²) in [6, 6.07) is 21.5. The van der Waals surface area contributed by atoms with Gasteiger partial charge in [-0.1, -0.05) is 64.5 Å². The van der Waals surface area contributed by atoms with E-state index in [-0.39, 0.29) is 13.2 Å². The van der Waals surface area contributed by atoms with Crippen LogP contribution in [0.3, 0.4) is 0 Å². The lowest BCUT2D eigenvalue weighted by Gasteiger charge is -2.13. The molecule has 0 amide bonds. The zero-order chi connectivity index (χ0) is 18.6. The lowest BCUT2D eigenvalue weighted by atomic mass is 10.1. The largest absolute Gasteiger partial charge is 0.490 e. The highest BCUT2D eigenvalue weighted by Gasteiger charge is 2.13. The molecule has 0 saturated heterocycles. The molecular formula is C20H17BrN4O2. The van der Waals surface area contributed by atoms with Crippen molar-refractivity contribution in [1.82, 2.24) is 20.2 Å². The Morgan fingerprint density at radius 3 is 2.67 bits per heavy atom. The predicted octanol–water partition coefficient (Wildman–Crippen LogP) is 3.70. The molecule has 0 bridgehead atoms. The smallest absolute Gasteiger partial charge is 0.206 e. The number of halogens is 1. The lowest BCUT2D eigenvalue weighted by molar-refractivity contribution is 0.0857. The van der Waals surface area contributed by atoms with Crippen LogP contribution < -0.4 is 4.74 Å². The molecule has 0 aliphatic carbocycles. The van der Waals surface area contributed by atoms with Gasteiger partial charge in [0.1, 0.15) is 18.5 Å². The third-order valence-electron chi connectivity index (χ3n) is 4.12. The molecule has 0 aliphatic heterocycles. The van der Waals surface area contributed by atoms with E-state index < -0.39 is 6.10 Å². The number of fused-ring (bicyclic) bond motifs is 1. The van der Waals surface area contributed by atoms with Gasteiger partial charge in [-0.25, -0.2) is 0 Å². The predicted molar refractivity (Wildman–Crippen MR) is 106 cm³/mol. The molecule has 136 valence electrons. The minimum atomic E-state index is -0.759. The Kier molecular flexibility index (Phi) is 5.13. The van der Waals surface area contributed by atoms with E-state index in [0.29, 0.717) is 5.82 Å². The first-order valence-electron chi connectivity index (χ1n) is 8.52. The number of hydrogen-bond donors (Lipinski definition) is 1. The average Bonchev–Trinajstić information content (AvgIpc) is 3.15. The van der Waals surface area contributed by atoms with E-state index in [1.165, 1.54) is 4.80 Å². The molecule has 1 unspecified atom stereocenters. The van der Waals surface area contributed by atoms with E-state index in [4.69, 9.17) is 4.74 Å². The fourth-order valence-electron chi connectivity index (χ4n) is 2.82. The van der Waals surface area contributed by atoms with E-state index >= 15 is 0 Å². The molecule has 1 aromatic heterocycles. The summed E-state index contributed by atoms with van der Waals surface area (Å²) in [6.45, 7) is 0.335. The van der Waals surface area contributed by atoms with Crippen LogP contribution in [-0.4, -0.2) is 38.0 Å². The van der Waals surface area contributed by atoms with Crippen LogP contribution in [0.1, 0.15) is 0 Å². The van der Waals surface area contributed by atoms with E-state index in [1.54, 1.807) is 0 Å². The number of ether oxygens (including phenoxy) is 1. The summed E-state index contributed by atoms with van der Waals surface area (Å²) in [5, 5.41) is 24.8. The second-order valence-corrected chi connectivity index (χ2v) is 6.94. The van der Waals surface area contributed by atoms with Gasteiger partial charge < -0.3 is 9.84 Å². The molecule has 0 spiro atoms. The number of aromatic nitrogens is 4. The lowest BCUT2D eigenvalue weighted by Crippen LogP contribution is -2.25. The standard InChI is InChI=1S/C20H17BrN4O2/c21-18-10-4-3-9-17(18)20-22-24-25(23-20)12-15(26)13-27-19-11-5-7-14-6-1-2-8-16(14)19/h1-11,15,26H,12-13H2. The van der Waals surface area contributed by atoms with Crippen molar-refractivity contribution in [2.75, 3.05) is 6.61 Å². The van der Waals surface area contributed by atoms with Crippen molar-refractivity contribution in [3.8, 4) is 17.1 Å². The normalized spacial score (nSPS) is 12.2. The maximum Gasteiger partial charge on any atom is 0.206 e. The van der Waals surface area contributed by atoms with Gasteiger partial charge >= 0.3 is 0 Å². The van der Waals surface area contributed by atoms with Crippen LogP contribution >= 0.6 is 15.9 Å². The van der Waals surface area contributed by atoms with Crippen molar-refractivity contribution in [2.45, 2.75) is 12.6 Å². The Balaban J connectivity index is 1.41. The molecule has 27 heavy (non-hydrogen) atoms. The Bertz CT molecular complexity index is 1060. The molecule has 4 rings (SSSR count). The Hall–Kier alpha value is -2.77. The quantitative estimate of drug-likeness (QED) is 0.510. The second-order valence-electron chi connectivity index (χ2n) is 6.09. The molecule has 1 heterocycles. The van der Waals surface area contributed by atoms with Crippen LogP contribution in [0.4, 0.5) is 0 Å². The second kappa shape index (κ2) is 7.85. The van der Waals surface area contributed by atoms with E-state index in [9.17, 15) is 5.11 Å². The number of tetrazole rings is 1. The topological polar surface area (TPSA) is 73.1 Å². The van der Waals surface area contributed by atoms with Gasteiger partial charge in [-0.05, 0) is 28.8 Å². The van der Waals surface area contributed by atoms with Gasteiger partial charge in [0.15, 0.2) is 0 Å². The highest BCUT2D eigenvalue weighted by atomic mass is 79.9. The number of benzene rings is 3. The Labute approximate surface area is 164 Å². The summed E-state index contributed by atoms with van der Waals surface area (Å²) < 4.78 is 6.71. The van der Waals surface area contributed by atoms with Gasteiger partial charge in [0.25, 0.3) is 0 Å². The number of hydrogen-bond acceptors (Lipinski definition) is 5. The first-order chi connectivity index (χ1) is 13.2. The van der Waals surface area contributed by atoms with Crippen molar-refractivity contribution >= 4 is 26.7 Å². The van der Waals surface area contributed by atoms with Gasteiger partial charge in [0, 0.05) is 15.4 Å². The number of aliphatic hydroxyl groups excluding tert-OH is 1. The minimum Gasteiger partial charge on any atom is -0.490 e. The zero-order valence-electron chi connectivity index (χ0n) is 14.4. The summed E-state index contributed by atoms with van der Waals surface area (Å²) in [4.78, 5) is 1.38. The molecule has 3 aromatic carbocycles. The number of rotatable bonds is 6. The monoisotopic (exact) mass is 424 g/mol. The molecule has 6 nitrogen and oxygen atoms in total. The zero-order valence-corrected chi connectivity index (χ0v) is 16.0. The molecule has 0 radical (unpaired) electrons. The van der Waals surface area contributed by atoms with Gasteiger partial charge in [-0.2, -0.15) is 4.80 Å². The molecule has 0 saturated carbocycles. The summed E-state index contributed by atoms with van der Waals surface area (Å²) in [6.07, 6.45) is -0.759. The highest BCUT2D eigenvalue weighted by Crippen LogP contribution is 2.26. The molecule has 0 fully saturated rings. The van der Waals surface area contributed by atoms with Crippen LogP contribution in [-0.2, 0) is 6.54 Å². The summed E-state index contributed by atoms with van der Waals surface area (Å²) in [5.41, 5.74) is 0.852. The van der Waals surface area contributed by atoms with E-state index in [2.05, 4.69) is 31.3 Å². The summed E-state index contributed by atoms with van der Waals surface area (Å²) in [5.74, 6) is 1.25. The van der Waals surface area contributed by atoms with Crippen LogP contribution in [0.15, 0.2) is 71.2 Å². The molecule has 1 atom stereocenters. The van der Waals surface area contributed by atoms with Crippen molar-refractivity contribution < 1.29 is 9.84 Å². The summed E-state index contributed by atoms with van der Waals surface area (Å²) in [7, 11) is 0. The van der Waals surface area contributed by atoms with Crippen LogP contribution in [0.2, 0.25) is 0 Å². The van der Waals surface area contributed by atoms with Crippen LogP contribution in [0.5, 0.6) is 5.75 Å². The van der Waals surface area contributed by atoms with Crippen molar-refractivity contribution in [3.63, 3.8) is 0 Å². The third-order valence-corrected chi connectivity index (χ3v) is 4.81. The maximum absolute atomic E-state index is 10.3. The Morgan fingerprint density at radius 1 is 1.00 bits per heavy atom. The van der Waals surface area contributed by atoms with Crippen LogP contribution in [0, 0.1) is 0 Å². The van der Waals surface area contributed by atoms with E-state index in [1.807, 2.05) is 66.7 Å². The fourth-order valence-corrected chi connectivity index (χ4v) is 3.28. The van der Waals surface area contributed by atoms with Crippen LogP contribution in [0.25, 0.3) is 22.2 Å². The summed E-state index contributed by atoms with van der Waals surface area (Å²) >= 11 is 3.48. The fraction of sp³-hybridized carbons (Fsp3) is 0.150. The van der Waals surface area contributed by atoms with Gasteiger partial charge in [0.05, 0.1) is 6.54 Å². The number of aliphatic hydroxyl groups is 1. The molecule has 1 N–H and O–H groups in total. The van der Waals surface area contributed by atoms with Gasteiger partial charge in [-0.3, -0.25) is 0 Å². The molecule has 4 aromatic rings. The van der Waals surface area contributed by atoms with Crippen molar-refractivity contribution in [2.24, 2.45) is 0 Å². The minimum absolute atomic E-state index is 0.139. The third kappa shape index (κ3) is 3.99. The maximum atomic E-state index is 10.3. The SMILES string of the molecule is OC(COc1cccc2ccccc12)Cn1nnc(-c2ccccc2Br)n1. The Morgan fingerprint density at radius 2 is 1.78 bits per heavy atom.